The Kier molecular flexibility index (Phi) is 11.0. The fourth-order valence-corrected chi connectivity index (χ4v) is 7.73. The molecule has 0 amide bonds. The Hall–Kier alpha value is -2.59. The van der Waals surface area contributed by atoms with Crippen molar-refractivity contribution in [3.05, 3.63) is 70.3 Å². The molecule has 1 aliphatic heterocycles. The fraction of sp³-hybridized carbons (Fsp3) is 0.531. The van der Waals surface area contributed by atoms with Crippen LogP contribution < -0.4 is 14.8 Å². The maximum atomic E-state index is 11.9. The van der Waals surface area contributed by atoms with Crippen molar-refractivity contribution < 1.29 is 28.2 Å². The van der Waals surface area contributed by atoms with Gasteiger partial charge in [0, 0.05) is 18.1 Å². The number of halogens is 1. The number of fused-ring (bicyclic) bond motifs is 2. The first kappa shape index (κ1) is 32.3. The molecule has 8 nitrogen and oxygen atoms in total. The summed E-state index contributed by atoms with van der Waals surface area (Å²) in [4.78, 5) is 14.1. The molecule has 2 aromatic rings. The van der Waals surface area contributed by atoms with Crippen molar-refractivity contribution in [1.82, 2.24) is 0 Å². The van der Waals surface area contributed by atoms with Gasteiger partial charge in [-0.2, -0.15) is 0 Å². The summed E-state index contributed by atoms with van der Waals surface area (Å²) in [6, 6.07) is 10.9. The van der Waals surface area contributed by atoms with Crippen LogP contribution in [0.25, 0.3) is 0 Å². The van der Waals surface area contributed by atoms with Crippen LogP contribution in [0, 0.1) is 17.8 Å². The van der Waals surface area contributed by atoms with Crippen molar-refractivity contribution in [1.29, 1.82) is 0 Å². The number of ether oxygens (including phenoxy) is 1. The number of hydrogen-bond acceptors (Lipinski definition) is 6. The quantitative estimate of drug-likeness (QED) is 0.287. The van der Waals surface area contributed by atoms with Gasteiger partial charge in [-0.25, -0.2) is 18.4 Å². The van der Waals surface area contributed by atoms with Crippen LogP contribution in [0.5, 0.6) is 5.75 Å². The largest absolute Gasteiger partial charge is 0.487 e. The number of sulfonamides is 1. The summed E-state index contributed by atoms with van der Waals surface area (Å²) in [5, 5.41) is 26.2. The van der Waals surface area contributed by atoms with Crippen molar-refractivity contribution in [3.8, 4) is 5.75 Å². The highest BCUT2D eigenvalue weighted by molar-refractivity contribution is 7.89. The molecule has 1 fully saturated rings. The molecule has 1 heterocycles. The highest BCUT2D eigenvalue weighted by atomic mass is 35.5. The molecule has 5 atom stereocenters. The van der Waals surface area contributed by atoms with E-state index in [4.69, 9.17) is 21.5 Å². The average Bonchev–Trinajstić information content (AvgIpc) is 2.93. The molecule has 0 unspecified atom stereocenters. The Bertz CT molecular complexity index is 1380. The van der Waals surface area contributed by atoms with E-state index in [1.165, 1.54) is 0 Å². The van der Waals surface area contributed by atoms with Crippen LogP contribution in [0.2, 0.25) is 5.02 Å². The highest BCUT2D eigenvalue weighted by Crippen LogP contribution is 2.41. The van der Waals surface area contributed by atoms with Crippen LogP contribution >= 0.6 is 11.6 Å². The summed E-state index contributed by atoms with van der Waals surface area (Å²) in [6.07, 6.45) is 8.58. The number of aryl methyl sites for hydroxylation is 1. The lowest BCUT2D eigenvalue weighted by molar-refractivity contribution is 0.0461. The summed E-state index contributed by atoms with van der Waals surface area (Å²) >= 11 is 6.27. The number of rotatable bonds is 10. The molecule has 4 N–H and O–H groups in total. The SMILES string of the molecule is CC[C@H]([C@@H](C)C/C=C/[C@H](O)[C@@H]1CC[C@H]1CN1CCCCc2cc(Cl)ccc2COc2ccc(C(=O)O)cc21)S(N)(=O)=O. The predicted molar refractivity (Wildman–Crippen MR) is 167 cm³/mol. The zero-order chi connectivity index (χ0) is 30.4. The van der Waals surface area contributed by atoms with Gasteiger partial charge in [-0.05, 0) is 104 Å². The molecule has 0 radical (unpaired) electrons. The van der Waals surface area contributed by atoms with Gasteiger partial charge in [0.15, 0.2) is 0 Å². The number of nitrogens with two attached hydrogens (primary N) is 1. The van der Waals surface area contributed by atoms with Crippen LogP contribution in [0.1, 0.15) is 73.9 Å². The second-order valence-electron chi connectivity index (χ2n) is 11.8. The number of aliphatic hydroxyl groups is 1. The standard InChI is InChI=1S/C32H43ClN2O6S/c1-3-31(42(34,39)40)21(2)7-6-9-29(36)27-14-11-24(27)19-35-16-5-4-8-22-17-26(33)13-10-25(22)20-41-30-15-12-23(32(37)38)18-28(30)35/h6,9-10,12-13,15,17-18,21,24,27,29,31,36H,3-5,7-8,11,14,16,19-20H2,1-2H3,(H,37,38)(H2,34,39,40)/b9-6+/t21-,24-,27+,29-,31+/m0/s1. The van der Waals surface area contributed by atoms with Gasteiger partial charge in [-0.3, -0.25) is 0 Å². The second kappa shape index (κ2) is 14.3. The van der Waals surface area contributed by atoms with Crippen molar-refractivity contribution >= 4 is 33.3 Å². The number of primary sulfonamides is 1. The van der Waals surface area contributed by atoms with Crippen LogP contribution in [0.3, 0.4) is 0 Å². The molecule has 42 heavy (non-hydrogen) atoms. The molecule has 1 saturated carbocycles. The number of aromatic carboxylic acids is 1. The number of aliphatic hydroxyl groups excluding tert-OH is 1. The van der Waals surface area contributed by atoms with E-state index < -0.39 is 27.3 Å². The van der Waals surface area contributed by atoms with E-state index in [9.17, 15) is 23.4 Å². The van der Waals surface area contributed by atoms with E-state index in [1.54, 1.807) is 24.3 Å². The first-order chi connectivity index (χ1) is 20.0. The van der Waals surface area contributed by atoms with Gasteiger partial charge in [0.05, 0.1) is 22.6 Å². The van der Waals surface area contributed by atoms with Crippen molar-refractivity contribution in [2.24, 2.45) is 22.9 Å². The van der Waals surface area contributed by atoms with Gasteiger partial charge < -0.3 is 19.8 Å². The lowest BCUT2D eigenvalue weighted by atomic mass is 9.70. The average molecular weight is 619 g/mol. The van der Waals surface area contributed by atoms with Gasteiger partial charge in [0.2, 0.25) is 10.0 Å². The molecule has 0 bridgehead atoms. The molecule has 0 spiro atoms. The number of allylic oxidation sites excluding steroid dienone is 1. The number of benzene rings is 2. The third-order valence-corrected chi connectivity index (χ3v) is 10.8. The Labute approximate surface area is 254 Å². The number of anilines is 1. The minimum atomic E-state index is -3.62. The summed E-state index contributed by atoms with van der Waals surface area (Å²) < 4.78 is 30.0. The molecular weight excluding hydrogens is 576 g/mol. The highest BCUT2D eigenvalue weighted by Gasteiger charge is 2.37. The third kappa shape index (κ3) is 8.07. The van der Waals surface area contributed by atoms with Gasteiger partial charge in [0.1, 0.15) is 12.4 Å². The Morgan fingerprint density at radius 1 is 1.19 bits per heavy atom. The summed E-state index contributed by atoms with van der Waals surface area (Å²) in [7, 11) is -3.62. The first-order valence-corrected chi connectivity index (χ1v) is 16.8. The van der Waals surface area contributed by atoms with E-state index in [0.29, 0.717) is 36.8 Å². The topological polar surface area (TPSA) is 130 Å². The van der Waals surface area contributed by atoms with E-state index in [1.807, 2.05) is 38.1 Å². The van der Waals surface area contributed by atoms with E-state index in [0.717, 1.165) is 55.5 Å². The van der Waals surface area contributed by atoms with Crippen LogP contribution in [0.4, 0.5) is 5.69 Å². The monoisotopic (exact) mass is 618 g/mol. The maximum Gasteiger partial charge on any atom is 0.335 e. The predicted octanol–water partition coefficient (Wildman–Crippen LogP) is 5.80. The third-order valence-electron chi connectivity index (χ3n) is 8.89. The number of carboxylic acid groups (broad SMARTS) is 1. The Morgan fingerprint density at radius 3 is 2.64 bits per heavy atom. The van der Waals surface area contributed by atoms with Gasteiger partial charge in [0.25, 0.3) is 0 Å². The zero-order valence-corrected chi connectivity index (χ0v) is 26.0. The van der Waals surface area contributed by atoms with E-state index >= 15 is 0 Å². The van der Waals surface area contributed by atoms with Crippen LogP contribution in [0.15, 0.2) is 48.6 Å². The number of hydrogen-bond donors (Lipinski definition) is 3. The minimum absolute atomic E-state index is 0.0633. The molecular formula is C32H43ClN2O6S. The number of carboxylic acids is 1. The number of carbonyl (C=O) groups is 1. The fourth-order valence-electron chi connectivity index (χ4n) is 6.31. The van der Waals surface area contributed by atoms with E-state index in [2.05, 4.69) is 4.90 Å². The maximum absolute atomic E-state index is 11.9. The van der Waals surface area contributed by atoms with E-state index in [-0.39, 0.29) is 23.3 Å². The molecule has 4 rings (SSSR count). The number of nitrogens with zero attached hydrogens (tertiary/aromatic N) is 1. The molecule has 2 aliphatic rings. The van der Waals surface area contributed by atoms with Crippen molar-refractivity contribution in [3.63, 3.8) is 0 Å². The second-order valence-corrected chi connectivity index (χ2v) is 14.0. The Balaban J connectivity index is 1.49. The Morgan fingerprint density at radius 2 is 1.98 bits per heavy atom. The van der Waals surface area contributed by atoms with Crippen molar-refractivity contribution in [2.75, 3.05) is 18.0 Å². The summed E-state index contributed by atoms with van der Waals surface area (Å²) in [5.74, 6) is -0.221. The van der Waals surface area contributed by atoms with Crippen LogP contribution in [-0.2, 0) is 23.1 Å². The first-order valence-electron chi connectivity index (χ1n) is 14.9. The lowest BCUT2D eigenvalue weighted by Gasteiger charge is -2.42. The lowest BCUT2D eigenvalue weighted by Crippen LogP contribution is -2.43. The molecule has 1 aliphatic carbocycles. The van der Waals surface area contributed by atoms with Crippen LogP contribution in [-0.4, -0.2) is 49.0 Å². The normalized spacial score (nSPS) is 21.7. The van der Waals surface area contributed by atoms with Gasteiger partial charge >= 0.3 is 5.97 Å². The smallest absolute Gasteiger partial charge is 0.335 e. The molecule has 2 aromatic carbocycles. The molecule has 230 valence electrons. The van der Waals surface area contributed by atoms with Crippen molar-refractivity contribution in [2.45, 2.75) is 76.8 Å². The minimum Gasteiger partial charge on any atom is -0.487 e. The molecule has 0 saturated heterocycles. The van der Waals surface area contributed by atoms with Gasteiger partial charge in [-0.1, -0.05) is 43.7 Å². The zero-order valence-electron chi connectivity index (χ0n) is 24.4. The molecule has 10 heteroatoms. The summed E-state index contributed by atoms with van der Waals surface area (Å²) in [6.45, 7) is 5.45. The summed E-state index contributed by atoms with van der Waals surface area (Å²) in [5.41, 5.74) is 3.19. The molecule has 0 aromatic heterocycles. The van der Waals surface area contributed by atoms with Gasteiger partial charge in [-0.15, -0.1) is 0 Å².